The molecule has 1 aliphatic rings. The molecule has 31 nitrogen and oxygen atoms in total. The topological polar surface area (TPSA) is 502 Å². The monoisotopic (exact) mass is 1180 g/mol. The third kappa shape index (κ3) is 15.5. The molecule has 0 aromatic heterocycles. The molecule has 0 amide bonds. The third-order valence-corrected chi connectivity index (χ3v) is 16.3. The zero-order valence-electron chi connectivity index (χ0n) is 36.3. The summed E-state index contributed by atoms with van der Waals surface area (Å²) in [6.45, 7) is -1.92. The fourth-order valence-electron chi connectivity index (χ4n) is 6.57. The minimum atomic E-state index is -5.63. The molecular formula is C34H39N7O24S8. The number of hydrogen-bond donors (Lipinski definition) is 13. The maximum atomic E-state index is 12.9. The number of rotatable bonds is 22. The predicted molar refractivity (Wildman–Crippen MR) is 252 cm³/mol. The molecular weight excluding hydrogens is 1150 g/mol. The molecule has 0 radical (unpaired) electrons. The van der Waals surface area contributed by atoms with Crippen molar-refractivity contribution in [2.24, 2.45) is 0 Å². The Hall–Kier alpha value is -5.60. The van der Waals surface area contributed by atoms with E-state index in [0.717, 1.165) is 65.5 Å². The summed E-state index contributed by atoms with van der Waals surface area (Å²) < 4.78 is 278. The first-order chi connectivity index (χ1) is 33.1. The lowest BCUT2D eigenvalue weighted by Crippen LogP contribution is -2.57. The number of likely N-dealkylation sites (N-methyl/N-ethyl adjacent to an activating group) is 1. The number of hydrogen-bond acceptors (Lipinski definition) is 23. The van der Waals surface area contributed by atoms with Crippen LogP contribution in [0, 0.1) is 0 Å². The van der Waals surface area contributed by atoms with Crippen LogP contribution >= 0.6 is 0 Å². The van der Waals surface area contributed by atoms with E-state index < -0.39 is 175 Å². The highest BCUT2D eigenvalue weighted by Gasteiger charge is 2.40. The Morgan fingerprint density at radius 1 is 0.479 bits per heavy atom. The molecule has 1 atom stereocenters. The van der Waals surface area contributed by atoms with Crippen molar-refractivity contribution < 1.29 is 104 Å². The number of hydrazine groups is 1. The SMILES string of the molecule is CN1C(Nc2ccc(S(=O)(=O)O)cc2)=C(Nc2ccc(S(=O)(=O)O)cc2S(=O)(=O)O)C(Nc2cc(S(=O)(=O)O)ccc2S(=O)(=O)O)=C(NCCS(=O)(=O)O)C1N(CCS(=O)(=O)O)Nc1cccc(S(=O)(=O)O)c1. The highest BCUT2D eigenvalue weighted by molar-refractivity contribution is 7.87. The van der Waals surface area contributed by atoms with Gasteiger partial charge in [0.05, 0.1) is 59.5 Å². The van der Waals surface area contributed by atoms with Crippen molar-refractivity contribution in [2.75, 3.05) is 53.0 Å². The van der Waals surface area contributed by atoms with Gasteiger partial charge in [-0.2, -0.15) is 72.4 Å². The van der Waals surface area contributed by atoms with Crippen LogP contribution in [0.15, 0.2) is 137 Å². The molecule has 13 N–H and O–H groups in total. The summed E-state index contributed by atoms with van der Waals surface area (Å²) in [6.07, 6.45) is -1.97. The molecule has 402 valence electrons. The van der Waals surface area contributed by atoms with E-state index in [1.165, 1.54) is 0 Å². The highest BCUT2D eigenvalue weighted by Crippen LogP contribution is 2.38. The van der Waals surface area contributed by atoms with Crippen molar-refractivity contribution in [1.29, 1.82) is 0 Å². The average molecular weight is 1190 g/mol. The van der Waals surface area contributed by atoms with Gasteiger partial charge in [-0.3, -0.25) is 36.4 Å². The van der Waals surface area contributed by atoms with Gasteiger partial charge in [0.15, 0.2) is 0 Å². The molecule has 0 saturated heterocycles. The van der Waals surface area contributed by atoms with Gasteiger partial charge in [0.25, 0.3) is 80.9 Å². The maximum absolute atomic E-state index is 12.9. The fourth-order valence-corrected chi connectivity index (χ4v) is 10.8. The van der Waals surface area contributed by atoms with E-state index in [1.807, 2.05) is 0 Å². The first-order valence-electron chi connectivity index (χ1n) is 19.2. The van der Waals surface area contributed by atoms with Crippen LogP contribution in [-0.4, -0.2) is 151 Å². The van der Waals surface area contributed by atoms with Gasteiger partial charge < -0.3 is 31.6 Å². The van der Waals surface area contributed by atoms with Crippen molar-refractivity contribution in [1.82, 2.24) is 15.2 Å². The van der Waals surface area contributed by atoms with Crippen LogP contribution in [0.2, 0.25) is 0 Å². The van der Waals surface area contributed by atoms with Gasteiger partial charge in [-0.05, 0) is 78.9 Å². The Labute approximate surface area is 416 Å². The Bertz CT molecular complexity index is 3860. The van der Waals surface area contributed by atoms with Crippen molar-refractivity contribution in [3.8, 4) is 0 Å². The third-order valence-electron chi connectivity index (χ3n) is 9.69. The summed E-state index contributed by atoms with van der Waals surface area (Å²) >= 11 is 0. The van der Waals surface area contributed by atoms with Gasteiger partial charge in [0.1, 0.15) is 27.5 Å². The smallest absolute Gasteiger partial charge is 0.296 e. The lowest BCUT2D eigenvalue weighted by Gasteiger charge is -2.46. The zero-order valence-corrected chi connectivity index (χ0v) is 42.8. The summed E-state index contributed by atoms with van der Waals surface area (Å²) in [5.41, 5.74) is -2.13. The molecule has 0 bridgehead atoms. The fraction of sp³-hybridized carbons (Fsp3) is 0.176. The van der Waals surface area contributed by atoms with Gasteiger partial charge >= 0.3 is 0 Å². The lowest BCUT2D eigenvalue weighted by molar-refractivity contribution is 0.134. The summed E-state index contributed by atoms with van der Waals surface area (Å²) in [7, 11) is -40.5. The van der Waals surface area contributed by atoms with E-state index in [0.29, 0.717) is 30.3 Å². The molecule has 5 rings (SSSR count). The molecule has 0 saturated carbocycles. The summed E-state index contributed by atoms with van der Waals surface area (Å²) in [4.78, 5) is -5.32. The molecule has 0 fully saturated rings. The van der Waals surface area contributed by atoms with Crippen LogP contribution in [0.1, 0.15) is 0 Å². The number of nitrogens with one attached hydrogen (secondary N) is 5. The van der Waals surface area contributed by atoms with E-state index in [1.54, 1.807) is 0 Å². The van der Waals surface area contributed by atoms with Gasteiger partial charge in [0.2, 0.25) is 0 Å². The molecule has 4 aromatic rings. The van der Waals surface area contributed by atoms with Crippen LogP contribution in [0.4, 0.5) is 22.7 Å². The number of anilines is 4. The molecule has 1 aliphatic heterocycles. The van der Waals surface area contributed by atoms with Crippen LogP contribution in [-0.2, 0) is 80.9 Å². The van der Waals surface area contributed by atoms with Crippen molar-refractivity contribution >= 4 is 104 Å². The summed E-state index contributed by atoms with van der Waals surface area (Å²) in [5.74, 6) is -3.08. The molecule has 39 heteroatoms. The molecule has 0 aliphatic carbocycles. The number of nitrogens with zero attached hydrogens (tertiary/aromatic N) is 2. The second kappa shape index (κ2) is 21.0. The minimum Gasteiger partial charge on any atom is -0.383 e. The standard InChI is InChI=1S/C34H39N7O24S8/c1-40-33(36-20-5-7-22(8-6-20)68(48,49)50)31(37-26-11-9-25(71(57,58)59)19-29(26)73(63,64)65)30(38-27-18-24(70(54,55)56)10-12-28(27)72(60,61)62)32(35-13-15-66(42,43)44)34(40)41(14-16-67(45,46)47)39-21-3-2-4-23(17-21)69(51,52)53/h2-12,17-19,34-39H,13-16H2,1H3,(H,42,43,44)(H,45,46,47)(H,48,49,50)(H,51,52,53)(H,54,55,56)(H,57,58,59)(H,60,61,62)(H,63,64,65). The van der Waals surface area contributed by atoms with E-state index in [2.05, 4.69) is 26.7 Å². The molecule has 1 unspecified atom stereocenters. The van der Waals surface area contributed by atoms with E-state index in [9.17, 15) is 104 Å². The van der Waals surface area contributed by atoms with Crippen molar-refractivity contribution in [3.05, 3.63) is 108 Å². The van der Waals surface area contributed by atoms with Crippen LogP contribution in [0.3, 0.4) is 0 Å². The van der Waals surface area contributed by atoms with E-state index in [-0.39, 0.29) is 17.4 Å². The Morgan fingerprint density at radius 2 is 0.973 bits per heavy atom. The lowest BCUT2D eigenvalue weighted by atomic mass is 10.1. The second-order valence-electron chi connectivity index (χ2n) is 14.9. The molecule has 0 spiro atoms. The Balaban J connectivity index is 2.03. The van der Waals surface area contributed by atoms with Gasteiger partial charge in [0, 0.05) is 25.8 Å². The van der Waals surface area contributed by atoms with Gasteiger partial charge in [-0.25, -0.2) is 0 Å². The largest absolute Gasteiger partial charge is 0.383 e. The first kappa shape index (κ1) is 58.3. The Kier molecular flexibility index (Phi) is 16.7. The van der Waals surface area contributed by atoms with Crippen LogP contribution < -0.4 is 26.7 Å². The minimum absolute atomic E-state index is 0.226. The van der Waals surface area contributed by atoms with Crippen LogP contribution in [0.25, 0.3) is 0 Å². The number of benzene rings is 4. The zero-order chi connectivity index (χ0) is 55.1. The maximum Gasteiger partial charge on any atom is 0.296 e. The van der Waals surface area contributed by atoms with E-state index >= 15 is 0 Å². The Morgan fingerprint density at radius 3 is 1.49 bits per heavy atom. The van der Waals surface area contributed by atoms with Gasteiger partial charge in [-0.15, -0.1) is 0 Å². The molecule has 73 heavy (non-hydrogen) atoms. The average Bonchev–Trinajstić information content (AvgIpc) is 3.22. The first-order valence-corrected chi connectivity index (χ1v) is 31.0. The predicted octanol–water partition coefficient (Wildman–Crippen LogP) is 0.149. The molecule has 4 aromatic carbocycles. The normalized spacial score (nSPS) is 15.6. The quantitative estimate of drug-likeness (QED) is 0.0368. The second-order valence-corrected chi connectivity index (χ2v) is 26.5. The van der Waals surface area contributed by atoms with E-state index in [4.69, 9.17) is 0 Å². The van der Waals surface area contributed by atoms with Gasteiger partial charge in [-0.1, -0.05) is 6.07 Å². The summed E-state index contributed by atoms with van der Waals surface area (Å²) in [6, 6.07) is 10.3. The van der Waals surface area contributed by atoms with Crippen molar-refractivity contribution in [3.63, 3.8) is 0 Å². The van der Waals surface area contributed by atoms with Crippen LogP contribution in [0.5, 0.6) is 0 Å². The molecule has 1 heterocycles. The summed E-state index contributed by atoms with van der Waals surface area (Å²) in [5, 5.41) is 11.1. The van der Waals surface area contributed by atoms with Crippen molar-refractivity contribution in [2.45, 2.75) is 35.5 Å². The highest BCUT2D eigenvalue weighted by atomic mass is 32.2.